The number of rotatable bonds is 4. The third kappa shape index (κ3) is 4.37. The third-order valence-corrected chi connectivity index (χ3v) is 5.19. The minimum absolute atomic E-state index is 0.0633. The van der Waals surface area contributed by atoms with Crippen molar-refractivity contribution in [3.05, 3.63) is 72.0 Å². The molecular weight excluding hydrogens is 366 g/mol. The summed E-state index contributed by atoms with van der Waals surface area (Å²) in [4.78, 5) is 27.2. The van der Waals surface area contributed by atoms with Crippen LogP contribution in [0.3, 0.4) is 0 Å². The molecule has 3 aromatic rings. The Hall–Kier alpha value is -3.41. The topological polar surface area (TPSA) is 75.4 Å². The Labute approximate surface area is 169 Å². The van der Waals surface area contributed by atoms with Crippen LogP contribution in [0, 0.1) is 12.8 Å². The molecule has 1 aliphatic rings. The number of likely N-dealkylation sites (tertiary alicyclic amines) is 1. The number of anilines is 1. The molecule has 148 valence electrons. The summed E-state index contributed by atoms with van der Waals surface area (Å²) >= 11 is 0. The monoisotopic (exact) mass is 389 g/mol. The third-order valence-electron chi connectivity index (χ3n) is 5.19. The van der Waals surface area contributed by atoms with Gasteiger partial charge in [0.05, 0.1) is 5.92 Å². The standard InChI is InChI=1S/C23H23N3O3/c1-16-9-11-17(12-10-16)20-14-21(29-25-20)23(28)26-13-5-6-18(15-26)22(27)24-19-7-3-2-4-8-19/h2-4,7-12,14,18H,5-6,13,15H2,1H3,(H,24,27)/t18-/m0/s1. The number of benzene rings is 2. The van der Waals surface area contributed by atoms with E-state index in [4.69, 9.17) is 4.52 Å². The second-order valence-corrected chi connectivity index (χ2v) is 7.39. The summed E-state index contributed by atoms with van der Waals surface area (Å²) in [6, 6.07) is 18.9. The van der Waals surface area contributed by atoms with Gasteiger partial charge in [0.15, 0.2) is 0 Å². The van der Waals surface area contributed by atoms with Crippen LogP contribution in [0.25, 0.3) is 11.3 Å². The molecule has 0 aliphatic carbocycles. The van der Waals surface area contributed by atoms with Crippen LogP contribution in [-0.2, 0) is 4.79 Å². The lowest BCUT2D eigenvalue weighted by Crippen LogP contribution is -2.43. The van der Waals surface area contributed by atoms with Crippen molar-refractivity contribution in [2.75, 3.05) is 18.4 Å². The van der Waals surface area contributed by atoms with Crippen LogP contribution in [0.1, 0.15) is 29.0 Å². The van der Waals surface area contributed by atoms with Gasteiger partial charge in [-0.1, -0.05) is 53.2 Å². The van der Waals surface area contributed by atoms with Gasteiger partial charge in [0, 0.05) is 30.4 Å². The number of nitrogens with one attached hydrogen (secondary N) is 1. The summed E-state index contributed by atoms with van der Waals surface area (Å²) in [5, 5.41) is 6.97. The van der Waals surface area contributed by atoms with Crippen molar-refractivity contribution >= 4 is 17.5 Å². The minimum Gasteiger partial charge on any atom is -0.350 e. The van der Waals surface area contributed by atoms with Gasteiger partial charge in [-0.05, 0) is 31.9 Å². The maximum atomic E-state index is 12.9. The van der Waals surface area contributed by atoms with Gasteiger partial charge in [-0.25, -0.2) is 0 Å². The van der Waals surface area contributed by atoms with E-state index in [0.29, 0.717) is 18.8 Å². The van der Waals surface area contributed by atoms with Crippen molar-refractivity contribution in [1.82, 2.24) is 10.1 Å². The molecule has 1 aliphatic heterocycles. The van der Waals surface area contributed by atoms with Crippen LogP contribution in [0.5, 0.6) is 0 Å². The number of para-hydroxylation sites is 1. The normalized spacial score (nSPS) is 16.4. The van der Waals surface area contributed by atoms with Gasteiger partial charge in [0.1, 0.15) is 5.69 Å². The highest BCUT2D eigenvalue weighted by Gasteiger charge is 2.30. The molecule has 1 fully saturated rings. The van der Waals surface area contributed by atoms with Crippen molar-refractivity contribution < 1.29 is 14.1 Å². The first kappa shape index (κ1) is 18.9. The number of amides is 2. The van der Waals surface area contributed by atoms with E-state index in [1.807, 2.05) is 61.5 Å². The summed E-state index contributed by atoms with van der Waals surface area (Å²) in [6.07, 6.45) is 1.53. The van der Waals surface area contributed by atoms with Crippen molar-refractivity contribution in [2.45, 2.75) is 19.8 Å². The number of nitrogens with zero attached hydrogens (tertiary/aromatic N) is 2. The number of aryl methyl sites for hydroxylation is 1. The van der Waals surface area contributed by atoms with Gasteiger partial charge in [0.2, 0.25) is 11.7 Å². The summed E-state index contributed by atoms with van der Waals surface area (Å²) in [6.45, 7) is 2.99. The summed E-state index contributed by atoms with van der Waals surface area (Å²) in [5.41, 5.74) is 3.45. The van der Waals surface area contributed by atoms with Gasteiger partial charge in [-0.3, -0.25) is 9.59 Å². The van der Waals surface area contributed by atoms with Crippen molar-refractivity contribution in [1.29, 1.82) is 0 Å². The molecule has 4 rings (SSSR count). The molecule has 1 saturated heterocycles. The fraction of sp³-hybridized carbons (Fsp3) is 0.261. The van der Waals surface area contributed by atoms with E-state index >= 15 is 0 Å². The molecule has 0 unspecified atom stereocenters. The lowest BCUT2D eigenvalue weighted by molar-refractivity contribution is -0.121. The Kier molecular flexibility index (Phi) is 5.42. The van der Waals surface area contributed by atoms with Crippen molar-refractivity contribution in [2.24, 2.45) is 5.92 Å². The van der Waals surface area contributed by atoms with Crippen LogP contribution in [0.2, 0.25) is 0 Å². The molecule has 0 radical (unpaired) electrons. The SMILES string of the molecule is Cc1ccc(-c2cc(C(=O)N3CCC[C@H](C(=O)Nc4ccccc4)C3)on2)cc1. The molecule has 1 atom stereocenters. The van der Waals surface area contributed by atoms with E-state index in [2.05, 4.69) is 10.5 Å². The molecular formula is C23H23N3O3. The number of aromatic nitrogens is 1. The molecule has 6 heteroatoms. The average molecular weight is 389 g/mol. The van der Waals surface area contributed by atoms with Crippen LogP contribution >= 0.6 is 0 Å². The highest BCUT2D eigenvalue weighted by atomic mass is 16.5. The summed E-state index contributed by atoms with van der Waals surface area (Å²) in [7, 11) is 0. The molecule has 0 saturated carbocycles. The molecule has 29 heavy (non-hydrogen) atoms. The number of carbonyl (C=O) groups excluding carboxylic acids is 2. The maximum Gasteiger partial charge on any atom is 0.292 e. The minimum atomic E-state index is -0.243. The highest BCUT2D eigenvalue weighted by Crippen LogP contribution is 2.23. The van der Waals surface area contributed by atoms with E-state index in [9.17, 15) is 9.59 Å². The van der Waals surface area contributed by atoms with E-state index < -0.39 is 0 Å². The number of piperidine rings is 1. The molecule has 6 nitrogen and oxygen atoms in total. The first-order chi connectivity index (χ1) is 14.1. The predicted molar refractivity (Wildman–Crippen MR) is 110 cm³/mol. The van der Waals surface area contributed by atoms with Crippen molar-refractivity contribution in [3.63, 3.8) is 0 Å². The fourth-order valence-corrected chi connectivity index (χ4v) is 3.53. The van der Waals surface area contributed by atoms with E-state index in [0.717, 1.165) is 29.7 Å². The maximum absolute atomic E-state index is 12.9. The lowest BCUT2D eigenvalue weighted by atomic mass is 9.96. The zero-order chi connectivity index (χ0) is 20.2. The van der Waals surface area contributed by atoms with Crippen LogP contribution < -0.4 is 5.32 Å². The van der Waals surface area contributed by atoms with Gasteiger partial charge in [-0.15, -0.1) is 0 Å². The average Bonchev–Trinajstić information content (AvgIpc) is 3.25. The van der Waals surface area contributed by atoms with Crippen LogP contribution in [0.15, 0.2) is 65.2 Å². The van der Waals surface area contributed by atoms with Crippen molar-refractivity contribution in [3.8, 4) is 11.3 Å². The lowest BCUT2D eigenvalue weighted by Gasteiger charge is -2.31. The number of hydrogen-bond donors (Lipinski definition) is 1. The largest absolute Gasteiger partial charge is 0.350 e. The van der Waals surface area contributed by atoms with Gasteiger partial charge < -0.3 is 14.7 Å². The van der Waals surface area contributed by atoms with Gasteiger partial charge in [0.25, 0.3) is 5.91 Å². The van der Waals surface area contributed by atoms with Gasteiger partial charge in [-0.2, -0.15) is 0 Å². The van der Waals surface area contributed by atoms with Gasteiger partial charge >= 0.3 is 0 Å². The first-order valence-corrected chi connectivity index (χ1v) is 9.79. The summed E-state index contributed by atoms with van der Waals surface area (Å²) in [5.74, 6) is -0.336. The smallest absolute Gasteiger partial charge is 0.292 e. The van der Waals surface area contributed by atoms with Crippen LogP contribution in [0.4, 0.5) is 5.69 Å². The van der Waals surface area contributed by atoms with E-state index in [1.54, 1.807) is 11.0 Å². The zero-order valence-corrected chi connectivity index (χ0v) is 16.3. The van der Waals surface area contributed by atoms with Crippen LogP contribution in [-0.4, -0.2) is 35.0 Å². The molecule has 2 amide bonds. The zero-order valence-electron chi connectivity index (χ0n) is 16.3. The molecule has 1 aromatic heterocycles. The fourth-order valence-electron chi connectivity index (χ4n) is 3.53. The first-order valence-electron chi connectivity index (χ1n) is 9.79. The molecule has 1 N–H and O–H groups in total. The Morgan fingerprint density at radius 3 is 2.62 bits per heavy atom. The Morgan fingerprint density at radius 1 is 1.10 bits per heavy atom. The predicted octanol–water partition coefficient (Wildman–Crippen LogP) is 4.14. The van der Waals surface area contributed by atoms with E-state index in [-0.39, 0.29) is 23.5 Å². The number of hydrogen-bond acceptors (Lipinski definition) is 4. The second-order valence-electron chi connectivity index (χ2n) is 7.39. The highest BCUT2D eigenvalue weighted by molar-refractivity contribution is 5.95. The summed E-state index contributed by atoms with van der Waals surface area (Å²) < 4.78 is 5.31. The molecule has 2 heterocycles. The Bertz CT molecular complexity index is 996. The molecule has 2 aromatic carbocycles. The quantitative estimate of drug-likeness (QED) is 0.728. The Balaban J connectivity index is 1.42. The second kappa shape index (κ2) is 8.31. The molecule has 0 bridgehead atoms. The molecule has 0 spiro atoms. The van der Waals surface area contributed by atoms with E-state index in [1.165, 1.54) is 0 Å². The number of carbonyl (C=O) groups is 2. The Morgan fingerprint density at radius 2 is 1.86 bits per heavy atom.